The van der Waals surface area contributed by atoms with Crippen LogP contribution in [0.4, 0.5) is 0 Å². The molecule has 0 saturated carbocycles. The van der Waals surface area contributed by atoms with Gasteiger partial charge in [-0.1, -0.05) is 18.2 Å². The van der Waals surface area contributed by atoms with Crippen molar-refractivity contribution in [3.63, 3.8) is 0 Å². The van der Waals surface area contributed by atoms with E-state index in [1.807, 2.05) is 40.1 Å². The van der Waals surface area contributed by atoms with E-state index in [9.17, 15) is 9.59 Å². The summed E-state index contributed by atoms with van der Waals surface area (Å²) in [5.74, 6) is 0.117. The van der Waals surface area contributed by atoms with E-state index in [1.165, 1.54) is 0 Å². The van der Waals surface area contributed by atoms with Gasteiger partial charge in [0, 0.05) is 37.8 Å². The van der Waals surface area contributed by atoms with E-state index in [4.69, 9.17) is 5.73 Å². The van der Waals surface area contributed by atoms with Gasteiger partial charge < -0.3 is 15.5 Å². The third-order valence-electron chi connectivity index (χ3n) is 4.85. The largest absolute Gasteiger partial charge is 0.341 e. The van der Waals surface area contributed by atoms with Crippen molar-refractivity contribution in [3.8, 4) is 0 Å². The van der Waals surface area contributed by atoms with E-state index in [0.29, 0.717) is 18.7 Å². The number of benzene rings is 1. The smallest absolute Gasteiger partial charge is 0.253 e. The average Bonchev–Trinajstić information content (AvgIpc) is 2.61. The molecule has 0 aliphatic carbocycles. The fourth-order valence-electron chi connectivity index (χ4n) is 3.59. The molecule has 24 heavy (non-hydrogen) atoms. The van der Waals surface area contributed by atoms with Crippen molar-refractivity contribution in [2.45, 2.75) is 31.7 Å². The Balaban J connectivity index is 0.00000208. The maximum atomic E-state index is 12.7. The maximum absolute atomic E-state index is 12.7. The van der Waals surface area contributed by atoms with Crippen molar-refractivity contribution in [3.05, 3.63) is 35.9 Å². The minimum atomic E-state index is -0.0817. The lowest BCUT2D eigenvalue weighted by molar-refractivity contribution is -0.138. The van der Waals surface area contributed by atoms with E-state index in [2.05, 4.69) is 0 Å². The van der Waals surface area contributed by atoms with Crippen LogP contribution in [-0.2, 0) is 4.79 Å². The molecule has 1 aromatic rings. The first-order valence-corrected chi connectivity index (χ1v) is 8.54. The first-order chi connectivity index (χ1) is 11.1. The van der Waals surface area contributed by atoms with Gasteiger partial charge in [0.05, 0.1) is 5.92 Å². The highest BCUT2D eigenvalue weighted by atomic mass is 35.5. The Bertz CT molecular complexity index is 567. The predicted octanol–water partition coefficient (Wildman–Crippen LogP) is 1.91. The first-order valence-electron chi connectivity index (χ1n) is 8.54. The molecule has 132 valence electrons. The molecule has 2 fully saturated rings. The Kier molecular flexibility index (Phi) is 6.63. The number of hydrogen-bond donors (Lipinski definition) is 1. The number of halogens is 1. The molecule has 3 rings (SSSR count). The number of hydrogen-bond acceptors (Lipinski definition) is 3. The van der Waals surface area contributed by atoms with Crippen molar-refractivity contribution in [2.24, 2.45) is 11.7 Å². The molecule has 0 aromatic heterocycles. The molecule has 2 heterocycles. The van der Waals surface area contributed by atoms with Gasteiger partial charge in [-0.05, 0) is 37.8 Å². The van der Waals surface area contributed by atoms with Gasteiger partial charge in [0.15, 0.2) is 0 Å². The number of amides is 2. The highest BCUT2D eigenvalue weighted by Crippen LogP contribution is 2.22. The summed E-state index contributed by atoms with van der Waals surface area (Å²) in [7, 11) is 0. The van der Waals surface area contributed by atoms with Crippen molar-refractivity contribution in [1.29, 1.82) is 0 Å². The number of nitrogens with zero attached hydrogens (tertiary/aromatic N) is 2. The third-order valence-corrected chi connectivity index (χ3v) is 4.85. The van der Waals surface area contributed by atoms with Gasteiger partial charge in [0.25, 0.3) is 5.91 Å². The van der Waals surface area contributed by atoms with Crippen molar-refractivity contribution in [1.82, 2.24) is 9.80 Å². The van der Waals surface area contributed by atoms with Crippen LogP contribution in [0.2, 0.25) is 0 Å². The van der Waals surface area contributed by atoms with E-state index < -0.39 is 0 Å². The standard InChI is InChI=1S/C18H25N3O2.ClH/c19-16-9-5-11-21(13-16)18(23)15-8-4-10-20(12-15)17(22)14-6-2-1-3-7-14;/h1-3,6-7,15-16H,4-5,8-13,19H2;1H. The van der Waals surface area contributed by atoms with Crippen LogP contribution in [-0.4, -0.2) is 53.8 Å². The third kappa shape index (κ3) is 4.28. The summed E-state index contributed by atoms with van der Waals surface area (Å²) in [6, 6.07) is 9.40. The van der Waals surface area contributed by atoms with Crippen LogP contribution >= 0.6 is 12.4 Å². The van der Waals surface area contributed by atoms with Crippen LogP contribution in [0.3, 0.4) is 0 Å². The Morgan fingerprint density at radius 3 is 2.33 bits per heavy atom. The summed E-state index contributed by atoms with van der Waals surface area (Å²) in [6.45, 7) is 2.72. The van der Waals surface area contributed by atoms with Gasteiger partial charge in [-0.25, -0.2) is 0 Å². The molecule has 2 N–H and O–H groups in total. The molecule has 0 radical (unpaired) electrons. The normalized spacial score (nSPS) is 24.2. The molecular formula is C18H26ClN3O2. The van der Waals surface area contributed by atoms with Gasteiger partial charge in [-0.2, -0.15) is 0 Å². The molecule has 2 saturated heterocycles. The zero-order valence-electron chi connectivity index (χ0n) is 13.9. The van der Waals surface area contributed by atoms with Crippen LogP contribution in [0.1, 0.15) is 36.0 Å². The van der Waals surface area contributed by atoms with Gasteiger partial charge in [0.1, 0.15) is 0 Å². The van der Waals surface area contributed by atoms with Gasteiger partial charge in [-0.3, -0.25) is 9.59 Å². The molecule has 2 aliphatic rings. The average molecular weight is 352 g/mol. The molecule has 2 amide bonds. The van der Waals surface area contributed by atoms with E-state index in [-0.39, 0.29) is 36.2 Å². The Morgan fingerprint density at radius 1 is 0.958 bits per heavy atom. The number of likely N-dealkylation sites (tertiary alicyclic amines) is 2. The molecule has 0 bridgehead atoms. The lowest BCUT2D eigenvalue weighted by Gasteiger charge is -2.37. The molecular weight excluding hydrogens is 326 g/mol. The number of rotatable bonds is 2. The Labute approximate surface area is 149 Å². The van der Waals surface area contributed by atoms with Gasteiger partial charge in [0.2, 0.25) is 5.91 Å². The Morgan fingerprint density at radius 2 is 1.62 bits per heavy atom. The van der Waals surface area contributed by atoms with E-state index in [0.717, 1.165) is 38.8 Å². The zero-order chi connectivity index (χ0) is 16.2. The fraction of sp³-hybridized carbons (Fsp3) is 0.556. The molecule has 5 nitrogen and oxygen atoms in total. The number of carbonyl (C=O) groups excluding carboxylic acids is 2. The Hall–Kier alpha value is -1.59. The number of carbonyl (C=O) groups is 2. The lowest BCUT2D eigenvalue weighted by Crippen LogP contribution is -2.51. The van der Waals surface area contributed by atoms with Gasteiger partial charge in [-0.15, -0.1) is 12.4 Å². The SMILES string of the molecule is Cl.NC1CCCN(C(=O)C2CCCN(C(=O)c3ccccc3)C2)C1. The van der Waals surface area contributed by atoms with Crippen LogP contribution in [0.25, 0.3) is 0 Å². The van der Waals surface area contributed by atoms with E-state index in [1.54, 1.807) is 0 Å². The maximum Gasteiger partial charge on any atom is 0.253 e. The topological polar surface area (TPSA) is 66.6 Å². The highest BCUT2D eigenvalue weighted by Gasteiger charge is 2.32. The summed E-state index contributed by atoms with van der Waals surface area (Å²) >= 11 is 0. The van der Waals surface area contributed by atoms with E-state index >= 15 is 0 Å². The molecule has 0 spiro atoms. The number of piperidine rings is 2. The minimum Gasteiger partial charge on any atom is -0.341 e. The van der Waals surface area contributed by atoms with Crippen LogP contribution in [0.5, 0.6) is 0 Å². The molecule has 2 unspecified atom stereocenters. The highest BCUT2D eigenvalue weighted by molar-refractivity contribution is 5.94. The molecule has 2 aliphatic heterocycles. The lowest BCUT2D eigenvalue weighted by atomic mass is 9.94. The van der Waals surface area contributed by atoms with Gasteiger partial charge >= 0.3 is 0 Å². The second-order valence-corrected chi connectivity index (χ2v) is 6.64. The predicted molar refractivity (Wildman–Crippen MR) is 96.1 cm³/mol. The van der Waals surface area contributed by atoms with Crippen LogP contribution in [0, 0.1) is 5.92 Å². The quantitative estimate of drug-likeness (QED) is 0.885. The minimum absolute atomic E-state index is 0. The second kappa shape index (κ2) is 8.49. The summed E-state index contributed by atoms with van der Waals surface area (Å²) < 4.78 is 0. The van der Waals surface area contributed by atoms with Crippen molar-refractivity contribution >= 4 is 24.2 Å². The van der Waals surface area contributed by atoms with Crippen LogP contribution < -0.4 is 5.73 Å². The molecule has 2 atom stereocenters. The molecule has 6 heteroatoms. The fourth-order valence-corrected chi connectivity index (χ4v) is 3.59. The summed E-state index contributed by atoms with van der Waals surface area (Å²) in [5, 5.41) is 0. The summed E-state index contributed by atoms with van der Waals surface area (Å²) in [5.41, 5.74) is 6.68. The second-order valence-electron chi connectivity index (χ2n) is 6.64. The molecule has 1 aromatic carbocycles. The van der Waals surface area contributed by atoms with Crippen molar-refractivity contribution in [2.75, 3.05) is 26.2 Å². The summed E-state index contributed by atoms with van der Waals surface area (Å²) in [6.07, 6.45) is 3.72. The first kappa shape index (κ1) is 18.7. The monoisotopic (exact) mass is 351 g/mol. The van der Waals surface area contributed by atoms with Crippen molar-refractivity contribution < 1.29 is 9.59 Å². The number of nitrogens with two attached hydrogens (primary N) is 1. The summed E-state index contributed by atoms with van der Waals surface area (Å²) in [4.78, 5) is 29.0. The van der Waals surface area contributed by atoms with Crippen LogP contribution in [0.15, 0.2) is 30.3 Å². The zero-order valence-corrected chi connectivity index (χ0v) is 14.7.